The number of hydrogen-bond acceptors (Lipinski definition) is 4. The van der Waals surface area contributed by atoms with Gasteiger partial charge in [-0.1, -0.05) is 40.5 Å². The highest BCUT2D eigenvalue weighted by atomic mass is 16.7. The number of carboxylic acids is 1. The van der Waals surface area contributed by atoms with Crippen molar-refractivity contribution in [2.75, 3.05) is 19.7 Å². The molecule has 0 spiro atoms. The Morgan fingerprint density at radius 1 is 0.970 bits per heavy atom. The van der Waals surface area contributed by atoms with E-state index in [0.717, 1.165) is 45.4 Å². The number of likely N-dealkylation sites (tertiary alicyclic amines) is 1. The molecule has 1 unspecified atom stereocenters. The molecule has 5 aliphatic rings. The van der Waals surface area contributed by atoms with Gasteiger partial charge in [-0.2, -0.15) is 0 Å². The summed E-state index contributed by atoms with van der Waals surface area (Å²) in [6, 6.07) is -0.277. The number of rotatable bonds is 5. The molecule has 0 aromatic rings. The van der Waals surface area contributed by atoms with Gasteiger partial charge in [-0.05, 0) is 93.5 Å². The Morgan fingerprint density at radius 3 is 2.45 bits per heavy atom. The second-order valence-corrected chi connectivity index (χ2v) is 13.4. The lowest BCUT2D eigenvalue weighted by atomic mass is 9.42. The zero-order valence-electron chi connectivity index (χ0n) is 21.5. The molecule has 0 bridgehead atoms. The van der Waals surface area contributed by atoms with Crippen LogP contribution >= 0.6 is 0 Å². The highest BCUT2D eigenvalue weighted by molar-refractivity contribution is 5.73. The average molecular weight is 462 g/mol. The van der Waals surface area contributed by atoms with Crippen LogP contribution in [0.1, 0.15) is 98.3 Å². The molecule has 2 saturated heterocycles. The summed E-state index contributed by atoms with van der Waals surface area (Å²) >= 11 is 0. The predicted molar refractivity (Wildman–Crippen MR) is 129 cm³/mol. The van der Waals surface area contributed by atoms with Crippen LogP contribution in [-0.4, -0.2) is 54.1 Å². The summed E-state index contributed by atoms with van der Waals surface area (Å²) in [6.07, 6.45) is 13.3. The summed E-state index contributed by atoms with van der Waals surface area (Å²) < 4.78 is 13.2. The number of carbonyl (C=O) groups is 1. The minimum Gasteiger partial charge on any atom is -0.480 e. The van der Waals surface area contributed by atoms with Gasteiger partial charge < -0.3 is 14.6 Å². The average Bonchev–Trinajstić information content (AvgIpc) is 3.44. The Labute approximate surface area is 201 Å². The molecule has 5 fully saturated rings. The Bertz CT molecular complexity index is 733. The molecule has 33 heavy (non-hydrogen) atoms. The first-order valence-corrected chi connectivity index (χ1v) is 13.9. The zero-order chi connectivity index (χ0) is 23.4. The lowest BCUT2D eigenvalue weighted by Crippen LogP contribution is -2.63. The predicted octanol–water partition coefficient (Wildman–Crippen LogP) is 5.72. The zero-order valence-corrected chi connectivity index (χ0v) is 21.5. The molecule has 2 aliphatic heterocycles. The lowest BCUT2D eigenvalue weighted by molar-refractivity contribution is -0.322. The van der Waals surface area contributed by atoms with Crippen LogP contribution < -0.4 is 0 Å². The molecule has 0 radical (unpaired) electrons. The molecular formula is C28H47NO4. The third kappa shape index (κ3) is 4.08. The first-order chi connectivity index (χ1) is 15.6. The van der Waals surface area contributed by atoms with Crippen molar-refractivity contribution in [2.24, 2.45) is 34.0 Å². The molecule has 3 saturated carbocycles. The van der Waals surface area contributed by atoms with Crippen LogP contribution in [0, 0.1) is 34.0 Å². The summed E-state index contributed by atoms with van der Waals surface area (Å²) in [4.78, 5) is 14.0. The van der Waals surface area contributed by atoms with Crippen molar-refractivity contribution >= 4 is 5.97 Å². The first-order valence-electron chi connectivity index (χ1n) is 13.9. The summed E-state index contributed by atoms with van der Waals surface area (Å²) in [6.45, 7) is 12.7. The van der Waals surface area contributed by atoms with E-state index in [0.29, 0.717) is 23.9 Å². The number of hydrogen-bond donors (Lipinski definition) is 1. The van der Waals surface area contributed by atoms with Crippen LogP contribution in [0.5, 0.6) is 0 Å². The maximum Gasteiger partial charge on any atom is 0.320 e. The van der Waals surface area contributed by atoms with Gasteiger partial charge in [0.15, 0.2) is 6.29 Å². The smallest absolute Gasteiger partial charge is 0.320 e. The standard InChI is InChI=1S/C28H47NO4/c1-26(2)14-11-22-27(3,21(26)13-17-29-16-7-10-20(29)24(30)31)15-12-23-28(22,4)18-32-25(33-23)19-8-5-6-9-19/h19-23,25H,5-18H2,1-4H3,(H,30,31)/t20-,21+,22?,23+,25+,27-,28-/m0/s1. The molecular weight excluding hydrogens is 414 g/mol. The van der Waals surface area contributed by atoms with Gasteiger partial charge in [0.1, 0.15) is 6.04 Å². The number of fused-ring (bicyclic) bond motifs is 3. The molecule has 0 aromatic carbocycles. The Kier molecular flexibility index (Phi) is 6.40. The summed E-state index contributed by atoms with van der Waals surface area (Å²) in [5.41, 5.74) is 0.641. The van der Waals surface area contributed by atoms with Gasteiger partial charge in [0.05, 0.1) is 12.7 Å². The van der Waals surface area contributed by atoms with Gasteiger partial charge >= 0.3 is 5.97 Å². The van der Waals surface area contributed by atoms with E-state index in [4.69, 9.17) is 9.47 Å². The molecule has 5 rings (SSSR count). The van der Waals surface area contributed by atoms with E-state index in [1.165, 1.54) is 44.9 Å². The minimum absolute atomic E-state index is 0.0221. The summed E-state index contributed by atoms with van der Waals surface area (Å²) in [7, 11) is 0. The van der Waals surface area contributed by atoms with Gasteiger partial charge in [0.2, 0.25) is 0 Å². The molecule has 0 aromatic heterocycles. The second-order valence-electron chi connectivity index (χ2n) is 13.4. The highest BCUT2D eigenvalue weighted by Gasteiger charge is 2.62. The van der Waals surface area contributed by atoms with Gasteiger partial charge in [-0.3, -0.25) is 9.69 Å². The maximum atomic E-state index is 11.7. The van der Waals surface area contributed by atoms with Crippen molar-refractivity contribution in [1.82, 2.24) is 4.90 Å². The largest absolute Gasteiger partial charge is 0.480 e. The molecule has 5 nitrogen and oxygen atoms in total. The molecule has 5 heteroatoms. The van der Waals surface area contributed by atoms with E-state index >= 15 is 0 Å². The van der Waals surface area contributed by atoms with Crippen LogP contribution in [0.4, 0.5) is 0 Å². The van der Waals surface area contributed by atoms with E-state index in [1.54, 1.807) is 0 Å². The van der Waals surface area contributed by atoms with Crippen molar-refractivity contribution in [3.63, 3.8) is 0 Å². The van der Waals surface area contributed by atoms with Crippen LogP contribution in [0.25, 0.3) is 0 Å². The van der Waals surface area contributed by atoms with Crippen molar-refractivity contribution in [1.29, 1.82) is 0 Å². The maximum absolute atomic E-state index is 11.7. The van der Waals surface area contributed by atoms with Crippen molar-refractivity contribution in [3.05, 3.63) is 0 Å². The fraction of sp³-hybridized carbons (Fsp3) is 0.964. The lowest BCUT2D eigenvalue weighted by Gasteiger charge is -2.65. The molecule has 7 atom stereocenters. The highest BCUT2D eigenvalue weighted by Crippen LogP contribution is 2.66. The second kappa shape index (κ2) is 8.78. The summed E-state index contributed by atoms with van der Waals surface area (Å²) in [5, 5.41) is 9.66. The molecule has 188 valence electrons. The fourth-order valence-corrected chi connectivity index (χ4v) is 9.33. The van der Waals surface area contributed by atoms with Crippen LogP contribution in [0.3, 0.4) is 0 Å². The molecule has 3 aliphatic carbocycles. The van der Waals surface area contributed by atoms with Crippen LogP contribution in [0.2, 0.25) is 0 Å². The molecule has 1 N–H and O–H groups in total. The monoisotopic (exact) mass is 461 g/mol. The van der Waals surface area contributed by atoms with E-state index in [1.807, 2.05) is 0 Å². The summed E-state index contributed by atoms with van der Waals surface area (Å²) in [5.74, 6) is 1.17. The van der Waals surface area contributed by atoms with Crippen molar-refractivity contribution < 1.29 is 19.4 Å². The van der Waals surface area contributed by atoms with Crippen molar-refractivity contribution in [2.45, 2.75) is 117 Å². The third-order valence-electron chi connectivity index (χ3n) is 11.1. The topological polar surface area (TPSA) is 59.0 Å². The van der Waals surface area contributed by atoms with Crippen molar-refractivity contribution in [3.8, 4) is 0 Å². The molecule has 2 heterocycles. The van der Waals surface area contributed by atoms with E-state index < -0.39 is 5.97 Å². The van der Waals surface area contributed by atoms with E-state index in [9.17, 15) is 9.90 Å². The number of nitrogens with zero attached hydrogens (tertiary/aromatic N) is 1. The number of aliphatic carboxylic acids is 1. The number of carboxylic acid groups (broad SMARTS) is 1. The Balaban J connectivity index is 1.33. The van der Waals surface area contributed by atoms with Gasteiger partial charge in [-0.25, -0.2) is 0 Å². The normalized spacial score (nSPS) is 46.1. The SMILES string of the molecule is CC1(C)CCC2[C@]3(C)CO[C@@H](C4CCCC4)O[C@@H]3CC[C@@]2(C)[C@@H]1CCN1CCC[C@H]1C(=O)O. The first kappa shape index (κ1) is 24.1. The Hall–Kier alpha value is -0.650. The quantitative estimate of drug-likeness (QED) is 0.568. The van der Waals surface area contributed by atoms with Crippen LogP contribution in [0.15, 0.2) is 0 Å². The number of ether oxygens (including phenoxy) is 2. The van der Waals surface area contributed by atoms with Crippen LogP contribution in [-0.2, 0) is 14.3 Å². The van der Waals surface area contributed by atoms with Gasteiger partial charge in [0, 0.05) is 11.3 Å². The van der Waals surface area contributed by atoms with E-state index in [-0.39, 0.29) is 28.6 Å². The molecule has 0 amide bonds. The van der Waals surface area contributed by atoms with E-state index in [2.05, 4.69) is 32.6 Å². The fourth-order valence-electron chi connectivity index (χ4n) is 9.33. The van der Waals surface area contributed by atoms with Gasteiger partial charge in [0.25, 0.3) is 0 Å². The minimum atomic E-state index is -0.638. The third-order valence-corrected chi connectivity index (χ3v) is 11.1. The Morgan fingerprint density at radius 2 is 1.73 bits per heavy atom. The van der Waals surface area contributed by atoms with Gasteiger partial charge in [-0.15, -0.1) is 0 Å².